The summed E-state index contributed by atoms with van der Waals surface area (Å²) in [7, 11) is 0. The Labute approximate surface area is 121 Å². The molecule has 21 heavy (non-hydrogen) atoms. The first kappa shape index (κ1) is 13.2. The number of ketones is 2. The monoisotopic (exact) mass is 279 g/mol. The molecule has 1 aromatic carbocycles. The minimum atomic E-state index is -0.0687. The minimum Gasteiger partial charge on any atom is -0.464 e. The molecule has 0 N–H and O–H groups in total. The Morgan fingerprint density at radius 1 is 1.00 bits per heavy atom. The van der Waals surface area contributed by atoms with Gasteiger partial charge in [-0.3, -0.25) is 14.6 Å². The maximum atomic E-state index is 12.1. The summed E-state index contributed by atoms with van der Waals surface area (Å²) in [5, 5.41) is 0.888. The summed E-state index contributed by atoms with van der Waals surface area (Å²) in [6, 6.07) is 10.5. The zero-order chi connectivity index (χ0) is 14.7. The first-order valence-corrected chi connectivity index (χ1v) is 6.68. The van der Waals surface area contributed by atoms with E-state index in [1.807, 2.05) is 6.07 Å². The van der Waals surface area contributed by atoms with Crippen LogP contribution in [0.3, 0.4) is 0 Å². The average Bonchev–Trinajstić information content (AvgIpc) is 3.00. The number of carbonyl (C=O) groups is 2. The van der Waals surface area contributed by atoms with Crippen molar-refractivity contribution in [2.24, 2.45) is 0 Å². The van der Waals surface area contributed by atoms with E-state index in [0.29, 0.717) is 11.1 Å². The number of carbonyl (C=O) groups excluding carboxylic acids is 2. The molecule has 0 fully saturated rings. The number of Topliss-reactive ketones (excluding diaryl/α,β-unsaturated/α-hetero) is 2. The third-order valence-corrected chi connectivity index (χ3v) is 3.34. The largest absolute Gasteiger partial charge is 0.464 e. The Morgan fingerprint density at radius 3 is 2.57 bits per heavy atom. The van der Waals surface area contributed by atoms with Gasteiger partial charge in [0.25, 0.3) is 0 Å². The highest BCUT2D eigenvalue weighted by Gasteiger charge is 2.12. The number of aromatic nitrogens is 1. The molecule has 0 aliphatic rings. The van der Waals surface area contributed by atoms with Crippen molar-refractivity contribution in [3.8, 4) is 0 Å². The van der Waals surface area contributed by atoms with Gasteiger partial charge in [0.2, 0.25) is 0 Å². The first-order chi connectivity index (χ1) is 10.2. The lowest BCUT2D eigenvalue weighted by atomic mass is 10.0. The highest BCUT2D eigenvalue weighted by molar-refractivity contribution is 6.03. The van der Waals surface area contributed by atoms with Gasteiger partial charge in [0.05, 0.1) is 6.26 Å². The van der Waals surface area contributed by atoms with Gasteiger partial charge in [0, 0.05) is 41.7 Å². The van der Waals surface area contributed by atoms with Gasteiger partial charge < -0.3 is 4.42 Å². The van der Waals surface area contributed by atoms with E-state index >= 15 is 0 Å². The van der Waals surface area contributed by atoms with Gasteiger partial charge in [-0.2, -0.15) is 0 Å². The fraction of sp³-hybridized carbons (Fsp3) is 0.118. The van der Waals surface area contributed by atoms with Gasteiger partial charge in [-0.05, 0) is 36.4 Å². The predicted octanol–water partition coefficient (Wildman–Crippen LogP) is 3.67. The van der Waals surface area contributed by atoms with Crippen molar-refractivity contribution in [2.75, 3.05) is 0 Å². The summed E-state index contributed by atoms with van der Waals surface area (Å²) >= 11 is 0. The number of nitrogens with zero attached hydrogens (tertiary/aromatic N) is 1. The topological polar surface area (TPSA) is 60.2 Å². The second-order valence-corrected chi connectivity index (χ2v) is 4.76. The van der Waals surface area contributed by atoms with Crippen LogP contribution < -0.4 is 0 Å². The van der Waals surface area contributed by atoms with Crippen molar-refractivity contribution in [1.29, 1.82) is 0 Å². The van der Waals surface area contributed by atoms with Gasteiger partial charge >= 0.3 is 0 Å². The van der Waals surface area contributed by atoms with E-state index in [2.05, 4.69) is 4.98 Å². The van der Waals surface area contributed by atoms with E-state index in [1.54, 1.807) is 42.8 Å². The average molecular weight is 279 g/mol. The fourth-order valence-electron chi connectivity index (χ4n) is 2.18. The van der Waals surface area contributed by atoms with Crippen molar-refractivity contribution in [1.82, 2.24) is 4.98 Å². The number of pyridine rings is 1. The zero-order valence-electron chi connectivity index (χ0n) is 11.3. The quantitative estimate of drug-likeness (QED) is 0.668. The molecule has 104 valence electrons. The van der Waals surface area contributed by atoms with Crippen LogP contribution >= 0.6 is 0 Å². The highest BCUT2D eigenvalue weighted by atomic mass is 16.3. The fourth-order valence-corrected chi connectivity index (χ4v) is 2.18. The summed E-state index contributed by atoms with van der Waals surface area (Å²) in [6.07, 6.45) is 5.10. The van der Waals surface area contributed by atoms with Crippen LogP contribution in [0.2, 0.25) is 0 Å². The predicted molar refractivity (Wildman–Crippen MR) is 78.3 cm³/mol. The number of benzene rings is 1. The highest BCUT2D eigenvalue weighted by Crippen LogP contribution is 2.18. The summed E-state index contributed by atoms with van der Waals surface area (Å²) in [6.45, 7) is 0. The van der Waals surface area contributed by atoms with Crippen LogP contribution in [0.15, 0.2) is 59.5 Å². The summed E-state index contributed by atoms with van der Waals surface area (Å²) < 4.78 is 5.24. The van der Waals surface area contributed by atoms with E-state index < -0.39 is 0 Å². The van der Waals surface area contributed by atoms with E-state index in [1.165, 1.54) is 6.20 Å². The van der Waals surface area contributed by atoms with Gasteiger partial charge in [-0.1, -0.05) is 0 Å². The second-order valence-electron chi connectivity index (χ2n) is 4.76. The third kappa shape index (κ3) is 2.89. The SMILES string of the molecule is O=C(CCC(=O)c1ccc2occc2c1)c1cccnc1. The molecule has 0 aliphatic heterocycles. The smallest absolute Gasteiger partial charge is 0.164 e. The molecule has 0 aliphatic carbocycles. The molecule has 4 heteroatoms. The number of fused-ring (bicyclic) bond motifs is 1. The molecular formula is C17H13NO3. The first-order valence-electron chi connectivity index (χ1n) is 6.68. The van der Waals surface area contributed by atoms with Gasteiger partial charge in [0.15, 0.2) is 11.6 Å². The van der Waals surface area contributed by atoms with Crippen LogP contribution in [0.25, 0.3) is 11.0 Å². The van der Waals surface area contributed by atoms with Crippen LogP contribution in [0.1, 0.15) is 33.6 Å². The van der Waals surface area contributed by atoms with Crippen LogP contribution in [-0.2, 0) is 0 Å². The van der Waals surface area contributed by atoms with E-state index in [9.17, 15) is 9.59 Å². The molecule has 0 amide bonds. The van der Waals surface area contributed by atoms with Crippen molar-refractivity contribution < 1.29 is 14.0 Å². The number of hydrogen-bond acceptors (Lipinski definition) is 4. The molecule has 3 aromatic rings. The molecule has 2 heterocycles. The molecule has 4 nitrogen and oxygen atoms in total. The maximum absolute atomic E-state index is 12.1. The minimum absolute atomic E-state index is 0.0460. The van der Waals surface area contributed by atoms with Crippen LogP contribution in [0.5, 0.6) is 0 Å². The lowest BCUT2D eigenvalue weighted by Crippen LogP contribution is -2.05. The van der Waals surface area contributed by atoms with Gasteiger partial charge in [-0.25, -0.2) is 0 Å². The van der Waals surface area contributed by atoms with Crippen LogP contribution in [-0.4, -0.2) is 16.6 Å². The normalized spacial score (nSPS) is 10.7. The molecule has 0 atom stereocenters. The van der Waals surface area contributed by atoms with Crippen molar-refractivity contribution in [3.05, 3.63) is 66.2 Å². The van der Waals surface area contributed by atoms with Crippen LogP contribution in [0, 0.1) is 0 Å². The lowest BCUT2D eigenvalue weighted by Gasteiger charge is -2.01. The zero-order valence-corrected chi connectivity index (χ0v) is 11.3. The number of hydrogen-bond donors (Lipinski definition) is 0. The Morgan fingerprint density at radius 2 is 1.81 bits per heavy atom. The number of rotatable bonds is 5. The van der Waals surface area contributed by atoms with Crippen molar-refractivity contribution in [3.63, 3.8) is 0 Å². The van der Waals surface area contributed by atoms with Gasteiger partial charge in [-0.15, -0.1) is 0 Å². The Kier molecular flexibility index (Phi) is 3.60. The molecule has 0 radical (unpaired) electrons. The molecule has 0 spiro atoms. The standard InChI is InChI=1S/C17H13NO3/c19-15(4-5-16(20)14-2-1-8-18-11-14)12-3-6-17-13(10-12)7-9-21-17/h1-3,6-11H,4-5H2. The molecule has 0 saturated heterocycles. The molecular weight excluding hydrogens is 266 g/mol. The number of furan rings is 1. The van der Waals surface area contributed by atoms with Crippen molar-refractivity contribution in [2.45, 2.75) is 12.8 Å². The summed E-state index contributed by atoms with van der Waals surface area (Å²) in [4.78, 5) is 28.0. The van der Waals surface area contributed by atoms with E-state index in [-0.39, 0.29) is 24.4 Å². The molecule has 0 saturated carbocycles. The second kappa shape index (κ2) is 5.71. The Bertz CT molecular complexity index is 790. The summed E-state index contributed by atoms with van der Waals surface area (Å²) in [5.74, 6) is -0.115. The maximum Gasteiger partial charge on any atom is 0.164 e. The Balaban J connectivity index is 1.67. The van der Waals surface area contributed by atoms with E-state index in [0.717, 1.165) is 11.0 Å². The molecule has 3 rings (SSSR count). The Hall–Kier alpha value is -2.75. The third-order valence-electron chi connectivity index (χ3n) is 3.34. The van der Waals surface area contributed by atoms with Crippen molar-refractivity contribution >= 4 is 22.5 Å². The molecule has 0 bridgehead atoms. The molecule has 0 unspecified atom stereocenters. The summed E-state index contributed by atoms with van der Waals surface area (Å²) in [5.41, 5.74) is 1.89. The van der Waals surface area contributed by atoms with Gasteiger partial charge in [0.1, 0.15) is 5.58 Å². The lowest BCUT2D eigenvalue weighted by molar-refractivity contribution is 0.0917. The van der Waals surface area contributed by atoms with E-state index in [4.69, 9.17) is 4.42 Å². The van der Waals surface area contributed by atoms with Crippen LogP contribution in [0.4, 0.5) is 0 Å². The molecule has 2 aromatic heterocycles.